The van der Waals surface area contributed by atoms with Crippen LogP contribution in [0.1, 0.15) is 34.1 Å². The van der Waals surface area contributed by atoms with Gasteiger partial charge in [0.15, 0.2) is 0 Å². The van der Waals surface area contributed by atoms with Crippen molar-refractivity contribution in [1.82, 2.24) is 10.6 Å². The summed E-state index contributed by atoms with van der Waals surface area (Å²) in [4.78, 5) is 11.2. The standard InChI is InChI=1S/C9H20N2O/c1-6-7(8(12)10-5)11-9(2,3)4/h7,11H,6H2,1-5H3,(H,10,12)/t7-/m0/s1. The van der Waals surface area contributed by atoms with Gasteiger partial charge in [0.25, 0.3) is 0 Å². The van der Waals surface area contributed by atoms with Crippen molar-refractivity contribution in [2.75, 3.05) is 7.05 Å². The van der Waals surface area contributed by atoms with E-state index in [1.165, 1.54) is 0 Å². The minimum absolute atomic E-state index is 0.00676. The molecule has 0 aliphatic rings. The minimum atomic E-state index is -0.0741. The van der Waals surface area contributed by atoms with Crippen molar-refractivity contribution in [3.63, 3.8) is 0 Å². The monoisotopic (exact) mass is 172 g/mol. The van der Waals surface area contributed by atoms with Crippen LogP contribution in [0, 0.1) is 0 Å². The summed E-state index contributed by atoms with van der Waals surface area (Å²) >= 11 is 0. The number of amides is 1. The molecule has 0 saturated carbocycles. The molecular weight excluding hydrogens is 152 g/mol. The molecule has 0 aliphatic heterocycles. The molecule has 1 amide bonds. The minimum Gasteiger partial charge on any atom is -0.358 e. The van der Waals surface area contributed by atoms with E-state index < -0.39 is 0 Å². The molecular formula is C9H20N2O. The van der Waals surface area contributed by atoms with E-state index in [-0.39, 0.29) is 17.5 Å². The molecule has 0 heterocycles. The number of hydrogen-bond acceptors (Lipinski definition) is 2. The van der Waals surface area contributed by atoms with Crippen LogP contribution in [0.2, 0.25) is 0 Å². The van der Waals surface area contributed by atoms with E-state index in [9.17, 15) is 4.79 Å². The molecule has 72 valence electrons. The maximum atomic E-state index is 11.2. The third-order valence-corrected chi connectivity index (χ3v) is 1.58. The zero-order chi connectivity index (χ0) is 9.78. The third-order valence-electron chi connectivity index (χ3n) is 1.58. The van der Waals surface area contributed by atoms with E-state index in [1.54, 1.807) is 7.05 Å². The Morgan fingerprint density at radius 2 is 1.92 bits per heavy atom. The Bertz CT molecular complexity index is 149. The molecule has 0 aromatic heterocycles. The smallest absolute Gasteiger partial charge is 0.236 e. The lowest BCUT2D eigenvalue weighted by molar-refractivity contribution is -0.123. The van der Waals surface area contributed by atoms with Gasteiger partial charge in [-0.15, -0.1) is 0 Å². The summed E-state index contributed by atoms with van der Waals surface area (Å²) in [6.45, 7) is 8.16. The molecule has 2 N–H and O–H groups in total. The molecule has 0 spiro atoms. The number of rotatable bonds is 3. The predicted octanol–water partition coefficient (Wildman–Crippen LogP) is 0.899. The first-order chi connectivity index (χ1) is 5.40. The molecule has 0 radical (unpaired) electrons. The highest BCUT2D eigenvalue weighted by atomic mass is 16.2. The first-order valence-corrected chi connectivity index (χ1v) is 4.40. The second-order valence-corrected chi connectivity index (χ2v) is 3.97. The van der Waals surface area contributed by atoms with Crippen molar-refractivity contribution in [3.8, 4) is 0 Å². The molecule has 3 nitrogen and oxygen atoms in total. The van der Waals surface area contributed by atoms with Gasteiger partial charge in [0, 0.05) is 12.6 Å². The highest BCUT2D eigenvalue weighted by molar-refractivity contribution is 5.81. The summed E-state index contributed by atoms with van der Waals surface area (Å²) in [6.07, 6.45) is 0.816. The van der Waals surface area contributed by atoms with Crippen molar-refractivity contribution >= 4 is 5.91 Å². The van der Waals surface area contributed by atoms with Crippen molar-refractivity contribution < 1.29 is 4.79 Å². The maximum absolute atomic E-state index is 11.2. The van der Waals surface area contributed by atoms with Crippen molar-refractivity contribution in [2.45, 2.75) is 45.7 Å². The number of nitrogens with one attached hydrogen (secondary N) is 2. The fourth-order valence-electron chi connectivity index (χ4n) is 1.05. The SMILES string of the molecule is CC[C@H](NC(C)(C)C)C(=O)NC. The number of hydrogen-bond donors (Lipinski definition) is 2. The van der Waals surface area contributed by atoms with Crippen LogP contribution in [0.15, 0.2) is 0 Å². The van der Waals surface area contributed by atoms with Gasteiger partial charge in [0.1, 0.15) is 0 Å². The normalized spacial score (nSPS) is 14.1. The lowest BCUT2D eigenvalue weighted by Crippen LogP contribution is -2.50. The fraction of sp³-hybridized carbons (Fsp3) is 0.889. The number of carbonyl (C=O) groups is 1. The molecule has 12 heavy (non-hydrogen) atoms. The molecule has 0 saturated heterocycles. The van der Waals surface area contributed by atoms with Crippen molar-refractivity contribution in [3.05, 3.63) is 0 Å². The lowest BCUT2D eigenvalue weighted by atomic mass is 10.1. The Hall–Kier alpha value is -0.570. The topological polar surface area (TPSA) is 41.1 Å². The average molecular weight is 172 g/mol. The van der Waals surface area contributed by atoms with Gasteiger partial charge >= 0.3 is 0 Å². The van der Waals surface area contributed by atoms with Crippen LogP contribution in [0.5, 0.6) is 0 Å². The summed E-state index contributed by atoms with van der Waals surface area (Å²) in [7, 11) is 1.66. The van der Waals surface area contributed by atoms with Gasteiger partial charge in [-0.2, -0.15) is 0 Å². The quantitative estimate of drug-likeness (QED) is 0.664. The maximum Gasteiger partial charge on any atom is 0.236 e. The Labute approximate surface area is 74.9 Å². The lowest BCUT2D eigenvalue weighted by Gasteiger charge is -2.26. The Morgan fingerprint density at radius 1 is 1.42 bits per heavy atom. The van der Waals surface area contributed by atoms with Crippen molar-refractivity contribution in [1.29, 1.82) is 0 Å². The van der Waals surface area contributed by atoms with Gasteiger partial charge < -0.3 is 10.6 Å². The molecule has 0 fully saturated rings. The van der Waals surface area contributed by atoms with E-state index in [4.69, 9.17) is 0 Å². The molecule has 3 heteroatoms. The van der Waals surface area contributed by atoms with Gasteiger partial charge in [-0.3, -0.25) is 4.79 Å². The summed E-state index contributed by atoms with van der Waals surface area (Å²) < 4.78 is 0. The van der Waals surface area contributed by atoms with Gasteiger partial charge in [-0.25, -0.2) is 0 Å². The Balaban J connectivity index is 4.09. The van der Waals surface area contributed by atoms with Crippen LogP contribution in [-0.4, -0.2) is 24.5 Å². The first-order valence-electron chi connectivity index (χ1n) is 4.40. The van der Waals surface area contributed by atoms with Gasteiger partial charge in [0.2, 0.25) is 5.91 Å². The van der Waals surface area contributed by atoms with Crippen LogP contribution >= 0.6 is 0 Å². The van der Waals surface area contributed by atoms with E-state index >= 15 is 0 Å². The van der Waals surface area contributed by atoms with Crippen molar-refractivity contribution in [2.24, 2.45) is 0 Å². The zero-order valence-electron chi connectivity index (χ0n) is 8.69. The van der Waals surface area contributed by atoms with E-state index in [2.05, 4.69) is 31.4 Å². The van der Waals surface area contributed by atoms with Crippen LogP contribution in [0.25, 0.3) is 0 Å². The highest BCUT2D eigenvalue weighted by Gasteiger charge is 2.20. The summed E-state index contributed by atoms with van der Waals surface area (Å²) in [5, 5.41) is 5.88. The second kappa shape index (κ2) is 4.45. The second-order valence-electron chi connectivity index (χ2n) is 3.97. The summed E-state index contributed by atoms with van der Waals surface area (Å²) in [6, 6.07) is -0.0741. The van der Waals surface area contributed by atoms with Crippen LogP contribution in [0.3, 0.4) is 0 Å². The molecule has 0 bridgehead atoms. The number of carbonyl (C=O) groups excluding carboxylic acids is 1. The Kier molecular flexibility index (Phi) is 4.24. The van der Waals surface area contributed by atoms with Gasteiger partial charge in [-0.1, -0.05) is 6.92 Å². The van der Waals surface area contributed by atoms with Gasteiger partial charge in [-0.05, 0) is 27.2 Å². The molecule has 0 unspecified atom stereocenters. The van der Waals surface area contributed by atoms with Crippen LogP contribution < -0.4 is 10.6 Å². The molecule has 1 atom stereocenters. The molecule has 0 aromatic rings. The Morgan fingerprint density at radius 3 is 2.17 bits per heavy atom. The van der Waals surface area contributed by atoms with Crippen LogP contribution in [0.4, 0.5) is 0 Å². The molecule has 0 rings (SSSR count). The van der Waals surface area contributed by atoms with E-state index in [0.717, 1.165) is 6.42 Å². The first kappa shape index (κ1) is 11.4. The average Bonchev–Trinajstić information content (AvgIpc) is 1.97. The van der Waals surface area contributed by atoms with E-state index in [1.807, 2.05) is 6.92 Å². The highest BCUT2D eigenvalue weighted by Crippen LogP contribution is 2.03. The van der Waals surface area contributed by atoms with E-state index in [0.29, 0.717) is 0 Å². The largest absolute Gasteiger partial charge is 0.358 e. The van der Waals surface area contributed by atoms with Gasteiger partial charge in [0.05, 0.1) is 6.04 Å². The third kappa shape index (κ3) is 4.34. The summed E-state index contributed by atoms with van der Waals surface area (Å²) in [5.74, 6) is 0.0624. The molecule has 0 aromatic carbocycles. The fourth-order valence-corrected chi connectivity index (χ4v) is 1.05. The zero-order valence-corrected chi connectivity index (χ0v) is 8.69. The predicted molar refractivity (Wildman–Crippen MR) is 51.0 cm³/mol. The van der Waals surface area contributed by atoms with Crippen LogP contribution in [-0.2, 0) is 4.79 Å². The molecule has 0 aliphatic carbocycles. The number of likely N-dealkylation sites (N-methyl/N-ethyl adjacent to an activating group) is 1. The summed E-state index contributed by atoms with van der Waals surface area (Å²) in [5.41, 5.74) is -0.00676.